The van der Waals surface area contributed by atoms with Gasteiger partial charge in [-0.1, -0.05) is 25.7 Å². The Bertz CT molecular complexity index is 395. The van der Waals surface area contributed by atoms with Gasteiger partial charge in [-0.05, 0) is 37.4 Å². The van der Waals surface area contributed by atoms with Crippen LogP contribution in [-0.4, -0.2) is 24.6 Å². The summed E-state index contributed by atoms with van der Waals surface area (Å²) in [6.07, 6.45) is 8.31. The molecule has 0 amide bonds. The van der Waals surface area contributed by atoms with Crippen LogP contribution in [0.3, 0.4) is 0 Å². The van der Waals surface area contributed by atoms with Crippen molar-refractivity contribution in [3.05, 3.63) is 23.5 Å². The lowest BCUT2D eigenvalue weighted by atomic mass is 10.0. The highest BCUT2D eigenvalue weighted by molar-refractivity contribution is 5.87. The van der Waals surface area contributed by atoms with Gasteiger partial charge in [0, 0.05) is 12.2 Å². The van der Waals surface area contributed by atoms with Gasteiger partial charge in [-0.25, -0.2) is 4.79 Å². The summed E-state index contributed by atoms with van der Waals surface area (Å²) in [5, 5.41) is 3.41. The van der Waals surface area contributed by atoms with Crippen molar-refractivity contribution >= 4 is 5.97 Å². The molecule has 4 heteroatoms. The predicted octanol–water partition coefficient (Wildman–Crippen LogP) is 2.86. The Kier molecular flexibility index (Phi) is 5.45. The number of hydrogen-bond donors (Lipinski definition) is 2. The van der Waals surface area contributed by atoms with E-state index in [1.54, 1.807) is 6.07 Å². The van der Waals surface area contributed by atoms with Crippen LogP contribution in [0.2, 0.25) is 0 Å². The molecule has 106 valence electrons. The van der Waals surface area contributed by atoms with E-state index in [1.165, 1.54) is 45.6 Å². The molecule has 0 unspecified atom stereocenters. The largest absolute Gasteiger partial charge is 0.464 e. The van der Waals surface area contributed by atoms with Crippen LogP contribution < -0.4 is 5.32 Å². The number of esters is 1. The highest BCUT2D eigenvalue weighted by Gasteiger charge is 2.13. The molecule has 1 aliphatic rings. The Balaban J connectivity index is 1.60. The number of nitrogens with one attached hydrogen (secondary N) is 2. The minimum Gasteiger partial charge on any atom is -0.464 e. The summed E-state index contributed by atoms with van der Waals surface area (Å²) in [4.78, 5) is 14.3. The molecule has 2 rings (SSSR count). The summed E-state index contributed by atoms with van der Waals surface area (Å²) in [6.45, 7) is 1.82. The van der Waals surface area contributed by atoms with Crippen LogP contribution in [0.4, 0.5) is 0 Å². The number of aromatic amines is 1. The van der Waals surface area contributed by atoms with Gasteiger partial charge in [0.2, 0.25) is 0 Å². The monoisotopic (exact) mass is 264 g/mol. The summed E-state index contributed by atoms with van der Waals surface area (Å²) >= 11 is 0. The number of rotatable bonds is 7. The van der Waals surface area contributed by atoms with Crippen LogP contribution in [0.15, 0.2) is 12.1 Å². The van der Waals surface area contributed by atoms with Crippen LogP contribution >= 0.6 is 0 Å². The highest BCUT2D eigenvalue weighted by Crippen LogP contribution is 2.28. The first-order valence-electron chi connectivity index (χ1n) is 7.26. The van der Waals surface area contributed by atoms with E-state index in [9.17, 15) is 4.79 Å². The second kappa shape index (κ2) is 7.34. The molecule has 0 spiro atoms. The zero-order chi connectivity index (χ0) is 13.5. The maximum Gasteiger partial charge on any atom is 0.354 e. The maximum atomic E-state index is 11.3. The molecule has 0 aromatic carbocycles. The first-order chi connectivity index (χ1) is 9.29. The molecule has 0 atom stereocenters. The molecule has 1 aliphatic carbocycles. The fraction of sp³-hybridized carbons (Fsp3) is 0.667. The van der Waals surface area contributed by atoms with Crippen LogP contribution in [0.1, 0.15) is 54.7 Å². The van der Waals surface area contributed by atoms with Crippen molar-refractivity contribution in [1.82, 2.24) is 10.3 Å². The molecule has 1 fully saturated rings. The van der Waals surface area contributed by atoms with Gasteiger partial charge in [-0.3, -0.25) is 0 Å². The molecular weight excluding hydrogens is 240 g/mol. The number of aromatic nitrogens is 1. The molecule has 2 N–H and O–H groups in total. The second-order valence-electron chi connectivity index (χ2n) is 5.36. The number of carbonyl (C=O) groups excluding carboxylic acids is 1. The van der Waals surface area contributed by atoms with Crippen LogP contribution in [0.25, 0.3) is 0 Å². The van der Waals surface area contributed by atoms with Gasteiger partial charge in [0.05, 0.1) is 7.11 Å². The molecule has 0 radical (unpaired) electrons. The highest BCUT2D eigenvalue weighted by atomic mass is 16.5. The summed E-state index contributed by atoms with van der Waals surface area (Å²) in [5.74, 6) is 0.658. The van der Waals surface area contributed by atoms with E-state index in [0.29, 0.717) is 5.69 Å². The van der Waals surface area contributed by atoms with Crippen molar-refractivity contribution < 1.29 is 9.53 Å². The van der Waals surface area contributed by atoms with Crippen LogP contribution in [0, 0.1) is 5.92 Å². The Labute approximate surface area is 114 Å². The first kappa shape index (κ1) is 14.1. The number of H-pyrrole nitrogens is 1. The third kappa shape index (κ3) is 4.39. The zero-order valence-corrected chi connectivity index (χ0v) is 11.7. The fourth-order valence-electron chi connectivity index (χ4n) is 2.81. The topological polar surface area (TPSA) is 54.1 Å². The van der Waals surface area contributed by atoms with E-state index in [4.69, 9.17) is 0 Å². The lowest BCUT2D eigenvalue weighted by molar-refractivity contribution is 0.0594. The fourth-order valence-corrected chi connectivity index (χ4v) is 2.81. The first-order valence-corrected chi connectivity index (χ1v) is 7.26. The minimum atomic E-state index is -0.313. The van der Waals surface area contributed by atoms with Gasteiger partial charge in [-0.15, -0.1) is 0 Å². The lowest BCUT2D eigenvalue weighted by Gasteiger charge is -2.08. The van der Waals surface area contributed by atoms with Crippen molar-refractivity contribution in [3.8, 4) is 0 Å². The SMILES string of the molecule is COC(=O)c1ccc(CNCCCC2CCCC2)[nH]1. The second-order valence-corrected chi connectivity index (χ2v) is 5.36. The molecule has 1 aromatic rings. The summed E-state index contributed by atoms with van der Waals surface area (Å²) in [6, 6.07) is 3.69. The van der Waals surface area contributed by atoms with Crippen molar-refractivity contribution in [1.29, 1.82) is 0 Å². The Morgan fingerprint density at radius 1 is 1.42 bits per heavy atom. The molecular formula is C15H24N2O2. The minimum absolute atomic E-state index is 0.313. The van der Waals surface area contributed by atoms with E-state index >= 15 is 0 Å². The van der Waals surface area contributed by atoms with Crippen LogP contribution in [-0.2, 0) is 11.3 Å². The number of carbonyl (C=O) groups is 1. The van der Waals surface area contributed by atoms with Gasteiger partial charge in [0.1, 0.15) is 5.69 Å². The van der Waals surface area contributed by atoms with Crippen molar-refractivity contribution in [2.75, 3.05) is 13.7 Å². The lowest BCUT2D eigenvalue weighted by Crippen LogP contribution is -2.16. The van der Waals surface area contributed by atoms with E-state index < -0.39 is 0 Å². The third-order valence-corrected chi connectivity index (χ3v) is 3.91. The Morgan fingerprint density at radius 3 is 2.95 bits per heavy atom. The molecule has 1 heterocycles. The number of methoxy groups -OCH3 is 1. The maximum absolute atomic E-state index is 11.3. The zero-order valence-electron chi connectivity index (χ0n) is 11.7. The van der Waals surface area contributed by atoms with Crippen molar-refractivity contribution in [2.24, 2.45) is 5.92 Å². The normalized spacial score (nSPS) is 15.8. The average molecular weight is 264 g/mol. The van der Waals surface area contributed by atoms with Gasteiger partial charge in [0.25, 0.3) is 0 Å². The van der Waals surface area contributed by atoms with E-state index in [-0.39, 0.29) is 5.97 Å². The molecule has 0 saturated heterocycles. The quantitative estimate of drug-likeness (QED) is 0.588. The Hall–Kier alpha value is -1.29. The number of ether oxygens (including phenoxy) is 1. The molecule has 0 bridgehead atoms. The van der Waals surface area contributed by atoms with Gasteiger partial charge in [0.15, 0.2) is 0 Å². The van der Waals surface area contributed by atoms with Crippen molar-refractivity contribution in [3.63, 3.8) is 0 Å². The standard InChI is InChI=1S/C15H24N2O2/c1-19-15(18)14-9-8-13(17-14)11-16-10-4-7-12-5-2-3-6-12/h8-9,12,16-17H,2-7,10-11H2,1H3. The summed E-state index contributed by atoms with van der Waals surface area (Å²) in [5.41, 5.74) is 1.55. The van der Waals surface area contributed by atoms with Crippen molar-refractivity contribution in [2.45, 2.75) is 45.1 Å². The molecule has 0 aliphatic heterocycles. The van der Waals surface area contributed by atoms with E-state index in [1.807, 2.05) is 6.07 Å². The summed E-state index contributed by atoms with van der Waals surface area (Å²) < 4.78 is 4.66. The molecule has 1 aromatic heterocycles. The predicted molar refractivity (Wildman–Crippen MR) is 75.0 cm³/mol. The summed E-state index contributed by atoms with van der Waals surface area (Å²) in [7, 11) is 1.39. The number of hydrogen-bond acceptors (Lipinski definition) is 3. The van der Waals surface area contributed by atoms with Gasteiger partial charge in [-0.2, -0.15) is 0 Å². The smallest absolute Gasteiger partial charge is 0.354 e. The molecule has 4 nitrogen and oxygen atoms in total. The third-order valence-electron chi connectivity index (χ3n) is 3.91. The van der Waals surface area contributed by atoms with E-state index in [2.05, 4.69) is 15.0 Å². The average Bonchev–Trinajstić information content (AvgIpc) is 3.08. The van der Waals surface area contributed by atoms with E-state index in [0.717, 1.165) is 24.7 Å². The van der Waals surface area contributed by atoms with Crippen LogP contribution in [0.5, 0.6) is 0 Å². The Morgan fingerprint density at radius 2 is 2.21 bits per heavy atom. The molecule has 1 saturated carbocycles. The van der Waals surface area contributed by atoms with Gasteiger partial charge >= 0.3 is 5.97 Å². The van der Waals surface area contributed by atoms with Gasteiger partial charge < -0.3 is 15.0 Å². The molecule has 19 heavy (non-hydrogen) atoms.